The second kappa shape index (κ2) is 27.8. The summed E-state index contributed by atoms with van der Waals surface area (Å²) in [5.74, 6) is 2.56. The Balaban J connectivity index is 2.53. The van der Waals surface area contributed by atoms with Gasteiger partial charge >= 0.3 is 0 Å². The van der Waals surface area contributed by atoms with Crippen molar-refractivity contribution in [3.8, 4) is 17.2 Å². The zero-order chi connectivity index (χ0) is 28.9. The van der Waals surface area contributed by atoms with E-state index in [0.29, 0.717) is 0 Å². The van der Waals surface area contributed by atoms with Crippen molar-refractivity contribution < 1.29 is 14.2 Å². The van der Waals surface area contributed by atoms with E-state index in [2.05, 4.69) is 39.8 Å². The van der Waals surface area contributed by atoms with Gasteiger partial charge in [-0.05, 0) is 43.9 Å². The Morgan fingerprint density at radius 3 is 0.975 bits per heavy atom. The number of hydrogen-bond donors (Lipinski definition) is 0. The standard InChI is InChI=1S/C37H68O3/c1-5-8-11-14-17-20-23-26-29-38-35-32-34(4)33-36(39-30-27-24-21-18-15-12-9-6-2)37(35)40-31-28-25-22-19-16-13-10-7-3/h32-33H,5-31H2,1-4H3. The normalized spacial score (nSPS) is 11.2. The summed E-state index contributed by atoms with van der Waals surface area (Å²) in [6.07, 6.45) is 31.4. The lowest BCUT2D eigenvalue weighted by Crippen LogP contribution is -2.06. The largest absolute Gasteiger partial charge is 0.490 e. The molecule has 0 radical (unpaired) electrons. The van der Waals surface area contributed by atoms with Crippen LogP contribution < -0.4 is 14.2 Å². The Morgan fingerprint density at radius 2 is 0.650 bits per heavy atom. The minimum absolute atomic E-state index is 0.736. The van der Waals surface area contributed by atoms with E-state index in [1.54, 1.807) is 0 Å². The first-order chi connectivity index (χ1) is 19.7. The maximum atomic E-state index is 6.38. The van der Waals surface area contributed by atoms with Crippen LogP contribution in [0.5, 0.6) is 17.2 Å². The highest BCUT2D eigenvalue weighted by atomic mass is 16.5. The van der Waals surface area contributed by atoms with Gasteiger partial charge in [-0.15, -0.1) is 0 Å². The number of ether oxygens (including phenoxy) is 3. The predicted molar refractivity (Wildman–Crippen MR) is 175 cm³/mol. The molecule has 1 aromatic rings. The summed E-state index contributed by atoms with van der Waals surface area (Å²) >= 11 is 0. The third kappa shape index (κ3) is 20.5. The maximum absolute atomic E-state index is 6.38. The maximum Gasteiger partial charge on any atom is 0.203 e. The minimum atomic E-state index is 0.736. The van der Waals surface area contributed by atoms with E-state index in [9.17, 15) is 0 Å². The third-order valence-electron chi connectivity index (χ3n) is 7.92. The van der Waals surface area contributed by atoms with Crippen LogP contribution in [-0.4, -0.2) is 19.8 Å². The van der Waals surface area contributed by atoms with E-state index in [-0.39, 0.29) is 0 Å². The number of rotatable bonds is 30. The molecule has 0 saturated carbocycles. The van der Waals surface area contributed by atoms with Crippen molar-refractivity contribution in [3.05, 3.63) is 17.7 Å². The van der Waals surface area contributed by atoms with Crippen LogP contribution in [0.4, 0.5) is 0 Å². The molecule has 0 aromatic heterocycles. The lowest BCUT2D eigenvalue weighted by atomic mass is 10.1. The fourth-order valence-corrected chi connectivity index (χ4v) is 5.31. The fraction of sp³-hybridized carbons (Fsp3) is 0.838. The van der Waals surface area contributed by atoms with Crippen molar-refractivity contribution in [3.63, 3.8) is 0 Å². The van der Waals surface area contributed by atoms with Gasteiger partial charge in [-0.25, -0.2) is 0 Å². The molecule has 0 saturated heterocycles. The van der Waals surface area contributed by atoms with Crippen molar-refractivity contribution in [2.75, 3.05) is 19.8 Å². The number of aryl methyl sites for hydroxylation is 1. The molecule has 1 aromatic carbocycles. The zero-order valence-electron chi connectivity index (χ0n) is 27.5. The molecule has 0 aliphatic carbocycles. The first-order valence-corrected chi connectivity index (χ1v) is 17.8. The van der Waals surface area contributed by atoms with Crippen LogP contribution in [0.2, 0.25) is 0 Å². The summed E-state index contributed by atoms with van der Waals surface area (Å²) in [6.45, 7) is 11.2. The van der Waals surface area contributed by atoms with Crippen LogP contribution in [-0.2, 0) is 0 Å². The van der Waals surface area contributed by atoms with Crippen molar-refractivity contribution in [2.45, 2.75) is 182 Å². The van der Waals surface area contributed by atoms with E-state index >= 15 is 0 Å². The minimum Gasteiger partial charge on any atom is -0.490 e. The molecule has 0 N–H and O–H groups in total. The van der Waals surface area contributed by atoms with Gasteiger partial charge in [-0.1, -0.05) is 156 Å². The van der Waals surface area contributed by atoms with E-state index < -0.39 is 0 Å². The molecular formula is C37H68O3. The molecule has 0 bridgehead atoms. The lowest BCUT2D eigenvalue weighted by Gasteiger charge is -2.18. The molecule has 0 aliphatic heterocycles. The molecule has 0 aliphatic rings. The van der Waals surface area contributed by atoms with E-state index in [1.807, 2.05) is 0 Å². The quantitative estimate of drug-likeness (QED) is 0.0876. The summed E-state index contributed by atoms with van der Waals surface area (Å²) in [5.41, 5.74) is 1.18. The zero-order valence-corrected chi connectivity index (χ0v) is 27.5. The lowest BCUT2D eigenvalue weighted by molar-refractivity contribution is 0.234. The molecule has 0 heterocycles. The molecule has 0 spiro atoms. The van der Waals surface area contributed by atoms with Gasteiger partial charge in [0.2, 0.25) is 5.75 Å². The van der Waals surface area contributed by atoms with E-state index in [4.69, 9.17) is 14.2 Å². The first-order valence-electron chi connectivity index (χ1n) is 17.8. The molecular weight excluding hydrogens is 492 g/mol. The Bertz CT molecular complexity index is 628. The van der Waals surface area contributed by atoms with Crippen LogP contribution in [0.15, 0.2) is 12.1 Å². The van der Waals surface area contributed by atoms with Gasteiger partial charge in [-0.3, -0.25) is 0 Å². The van der Waals surface area contributed by atoms with Crippen molar-refractivity contribution in [1.29, 1.82) is 0 Å². The SMILES string of the molecule is CCCCCCCCCCOc1cc(C)cc(OCCCCCCCCCC)c1OCCCCCCCCCC. The molecule has 1 rings (SSSR count). The second-order valence-electron chi connectivity index (χ2n) is 12.1. The number of hydrogen-bond acceptors (Lipinski definition) is 3. The molecule has 0 atom stereocenters. The van der Waals surface area contributed by atoms with Crippen LogP contribution in [0.1, 0.15) is 180 Å². The molecule has 40 heavy (non-hydrogen) atoms. The summed E-state index contributed by atoms with van der Waals surface area (Å²) in [7, 11) is 0. The van der Waals surface area contributed by atoms with Gasteiger partial charge in [0.05, 0.1) is 19.8 Å². The average molecular weight is 561 g/mol. The van der Waals surface area contributed by atoms with Gasteiger partial charge in [0.1, 0.15) is 0 Å². The Hall–Kier alpha value is -1.38. The van der Waals surface area contributed by atoms with Crippen LogP contribution in [0, 0.1) is 6.92 Å². The van der Waals surface area contributed by atoms with Gasteiger partial charge < -0.3 is 14.2 Å². The van der Waals surface area contributed by atoms with Gasteiger partial charge in [0.25, 0.3) is 0 Å². The highest BCUT2D eigenvalue weighted by Gasteiger charge is 2.15. The molecule has 234 valence electrons. The summed E-state index contributed by atoms with van der Waals surface area (Å²) < 4.78 is 19.0. The van der Waals surface area contributed by atoms with Crippen LogP contribution in [0.3, 0.4) is 0 Å². The molecule has 0 unspecified atom stereocenters. The van der Waals surface area contributed by atoms with Crippen LogP contribution in [0.25, 0.3) is 0 Å². The monoisotopic (exact) mass is 561 g/mol. The fourth-order valence-electron chi connectivity index (χ4n) is 5.31. The second-order valence-corrected chi connectivity index (χ2v) is 12.1. The number of unbranched alkanes of at least 4 members (excludes halogenated alkanes) is 21. The van der Waals surface area contributed by atoms with E-state index in [1.165, 1.54) is 140 Å². The molecule has 3 heteroatoms. The summed E-state index contributed by atoms with van der Waals surface area (Å²) in [4.78, 5) is 0. The number of benzene rings is 1. The Morgan fingerprint density at radius 1 is 0.375 bits per heavy atom. The highest BCUT2D eigenvalue weighted by Crippen LogP contribution is 2.39. The Kier molecular flexibility index (Phi) is 25.4. The van der Waals surface area contributed by atoms with Crippen molar-refractivity contribution in [1.82, 2.24) is 0 Å². The van der Waals surface area contributed by atoms with Gasteiger partial charge in [-0.2, -0.15) is 0 Å². The molecule has 0 fully saturated rings. The third-order valence-corrected chi connectivity index (χ3v) is 7.92. The van der Waals surface area contributed by atoms with Crippen LogP contribution >= 0.6 is 0 Å². The summed E-state index contributed by atoms with van der Waals surface area (Å²) in [6, 6.07) is 4.27. The van der Waals surface area contributed by atoms with E-state index in [0.717, 1.165) is 56.3 Å². The first kappa shape index (κ1) is 36.6. The average Bonchev–Trinajstić information content (AvgIpc) is 2.95. The van der Waals surface area contributed by atoms with Crippen molar-refractivity contribution >= 4 is 0 Å². The molecule has 0 amide bonds. The topological polar surface area (TPSA) is 27.7 Å². The molecule has 3 nitrogen and oxygen atoms in total. The Labute approximate surface area is 250 Å². The predicted octanol–water partition coefficient (Wildman–Crippen LogP) is 12.6. The summed E-state index contributed by atoms with van der Waals surface area (Å²) in [5, 5.41) is 0. The smallest absolute Gasteiger partial charge is 0.203 e. The van der Waals surface area contributed by atoms with Crippen molar-refractivity contribution in [2.24, 2.45) is 0 Å². The van der Waals surface area contributed by atoms with Gasteiger partial charge in [0.15, 0.2) is 11.5 Å². The highest BCUT2D eigenvalue weighted by molar-refractivity contribution is 5.53. The van der Waals surface area contributed by atoms with Gasteiger partial charge in [0, 0.05) is 0 Å².